The van der Waals surface area contributed by atoms with Crippen LogP contribution in [0.3, 0.4) is 0 Å². The Bertz CT molecular complexity index is 561. The number of hydrogen-bond acceptors (Lipinski definition) is 3. The van der Waals surface area contributed by atoms with Gasteiger partial charge >= 0.3 is 0 Å². The molecule has 1 N–H and O–H groups in total. The van der Waals surface area contributed by atoms with Crippen LogP contribution in [0.5, 0.6) is 0 Å². The molecule has 0 fully saturated rings. The van der Waals surface area contributed by atoms with E-state index >= 15 is 0 Å². The summed E-state index contributed by atoms with van der Waals surface area (Å²) in [6.45, 7) is 3.96. The van der Waals surface area contributed by atoms with Crippen LogP contribution in [0.1, 0.15) is 24.7 Å². The molecule has 0 unspecified atom stereocenters. The smallest absolute Gasteiger partial charge is 0.131 e. The van der Waals surface area contributed by atoms with E-state index in [9.17, 15) is 4.39 Å². The lowest BCUT2D eigenvalue weighted by Gasteiger charge is -2.08. The van der Waals surface area contributed by atoms with E-state index in [0.717, 1.165) is 41.3 Å². The summed E-state index contributed by atoms with van der Waals surface area (Å²) in [5.41, 5.74) is 2.43. The standard InChI is InChI=1S/C15H18FN3/c1-4-5-14-18-13(9-15(17-3)19-14)11-6-10(2)7-12(16)8-11/h6-9H,4-5H2,1-3H3,(H,17,18,19). The van der Waals surface area contributed by atoms with Crippen LogP contribution in [0.15, 0.2) is 24.3 Å². The van der Waals surface area contributed by atoms with Crippen molar-refractivity contribution in [3.8, 4) is 11.3 Å². The van der Waals surface area contributed by atoms with Crippen LogP contribution >= 0.6 is 0 Å². The van der Waals surface area contributed by atoms with E-state index < -0.39 is 0 Å². The number of nitrogens with zero attached hydrogens (tertiary/aromatic N) is 2. The zero-order chi connectivity index (χ0) is 13.8. The van der Waals surface area contributed by atoms with Crippen LogP contribution in [0.25, 0.3) is 11.3 Å². The molecule has 19 heavy (non-hydrogen) atoms. The minimum absolute atomic E-state index is 0.239. The summed E-state index contributed by atoms with van der Waals surface area (Å²) >= 11 is 0. The number of aryl methyl sites for hydroxylation is 2. The molecule has 0 radical (unpaired) electrons. The van der Waals surface area contributed by atoms with E-state index in [1.54, 1.807) is 0 Å². The predicted molar refractivity (Wildman–Crippen MR) is 75.7 cm³/mol. The molecule has 0 spiro atoms. The van der Waals surface area contributed by atoms with Gasteiger partial charge in [0.05, 0.1) is 5.69 Å². The summed E-state index contributed by atoms with van der Waals surface area (Å²) in [6, 6.07) is 6.79. The highest BCUT2D eigenvalue weighted by Gasteiger charge is 2.07. The lowest BCUT2D eigenvalue weighted by Crippen LogP contribution is -2.01. The molecule has 0 atom stereocenters. The van der Waals surface area contributed by atoms with Crippen LogP contribution in [-0.4, -0.2) is 17.0 Å². The van der Waals surface area contributed by atoms with E-state index in [1.807, 2.05) is 26.1 Å². The first kappa shape index (κ1) is 13.5. The maximum absolute atomic E-state index is 13.5. The van der Waals surface area contributed by atoms with Gasteiger partial charge in [-0.25, -0.2) is 14.4 Å². The monoisotopic (exact) mass is 259 g/mol. The van der Waals surface area contributed by atoms with E-state index in [0.29, 0.717) is 0 Å². The maximum atomic E-state index is 13.5. The molecular weight excluding hydrogens is 241 g/mol. The van der Waals surface area contributed by atoms with E-state index in [-0.39, 0.29) is 5.82 Å². The molecule has 0 aliphatic heterocycles. The molecule has 0 saturated heterocycles. The summed E-state index contributed by atoms with van der Waals surface area (Å²) in [5.74, 6) is 1.30. The van der Waals surface area contributed by atoms with Crippen molar-refractivity contribution in [2.45, 2.75) is 26.7 Å². The molecule has 1 heterocycles. The van der Waals surface area contributed by atoms with E-state index in [4.69, 9.17) is 0 Å². The number of benzene rings is 1. The summed E-state index contributed by atoms with van der Waals surface area (Å²) < 4.78 is 13.5. The summed E-state index contributed by atoms with van der Waals surface area (Å²) in [5, 5.41) is 3.02. The molecule has 0 amide bonds. The third-order valence-electron chi connectivity index (χ3n) is 2.84. The number of anilines is 1. The Morgan fingerprint density at radius 2 is 1.95 bits per heavy atom. The third kappa shape index (κ3) is 3.28. The summed E-state index contributed by atoms with van der Waals surface area (Å²) in [4.78, 5) is 8.90. The van der Waals surface area contributed by atoms with Gasteiger partial charge in [0.15, 0.2) is 0 Å². The van der Waals surface area contributed by atoms with Gasteiger partial charge in [0.2, 0.25) is 0 Å². The Morgan fingerprint density at radius 1 is 1.16 bits per heavy atom. The second kappa shape index (κ2) is 5.78. The van der Waals surface area contributed by atoms with Gasteiger partial charge in [-0.05, 0) is 37.1 Å². The normalized spacial score (nSPS) is 10.5. The first-order valence-electron chi connectivity index (χ1n) is 6.45. The van der Waals surface area contributed by atoms with Gasteiger partial charge in [-0.15, -0.1) is 0 Å². The second-order valence-electron chi connectivity index (χ2n) is 4.57. The molecule has 2 rings (SSSR count). The van der Waals surface area contributed by atoms with Crippen LogP contribution in [0.2, 0.25) is 0 Å². The van der Waals surface area contributed by atoms with Crippen LogP contribution < -0.4 is 5.32 Å². The quantitative estimate of drug-likeness (QED) is 0.911. The Morgan fingerprint density at radius 3 is 2.58 bits per heavy atom. The Balaban J connectivity index is 2.50. The lowest BCUT2D eigenvalue weighted by molar-refractivity contribution is 0.627. The molecule has 2 aromatic rings. The topological polar surface area (TPSA) is 37.8 Å². The van der Waals surface area contributed by atoms with Gasteiger partial charge < -0.3 is 5.32 Å². The van der Waals surface area contributed by atoms with Gasteiger partial charge in [0.25, 0.3) is 0 Å². The Labute approximate surface area is 112 Å². The van der Waals surface area contributed by atoms with Crippen LogP contribution in [0.4, 0.5) is 10.2 Å². The number of nitrogens with one attached hydrogen (secondary N) is 1. The molecule has 0 saturated carbocycles. The molecule has 1 aromatic heterocycles. The molecule has 0 bridgehead atoms. The van der Waals surface area contributed by atoms with Gasteiger partial charge in [-0.1, -0.05) is 6.92 Å². The highest BCUT2D eigenvalue weighted by atomic mass is 19.1. The summed E-state index contributed by atoms with van der Waals surface area (Å²) in [6.07, 6.45) is 1.80. The maximum Gasteiger partial charge on any atom is 0.131 e. The fraction of sp³-hybridized carbons (Fsp3) is 0.333. The molecule has 1 aromatic carbocycles. The fourth-order valence-corrected chi connectivity index (χ4v) is 1.99. The van der Waals surface area contributed by atoms with Gasteiger partial charge in [0, 0.05) is 25.1 Å². The van der Waals surface area contributed by atoms with Crippen molar-refractivity contribution in [3.63, 3.8) is 0 Å². The van der Waals surface area contributed by atoms with Crippen LogP contribution in [0, 0.1) is 12.7 Å². The lowest BCUT2D eigenvalue weighted by atomic mass is 10.1. The zero-order valence-electron chi connectivity index (χ0n) is 11.5. The van der Waals surface area contributed by atoms with Crippen molar-refractivity contribution < 1.29 is 4.39 Å². The number of aromatic nitrogens is 2. The highest BCUT2D eigenvalue weighted by molar-refractivity contribution is 5.63. The number of rotatable bonds is 4. The average Bonchev–Trinajstić information content (AvgIpc) is 2.37. The molecule has 100 valence electrons. The van der Waals surface area contributed by atoms with Crippen molar-refractivity contribution >= 4 is 5.82 Å². The van der Waals surface area contributed by atoms with E-state index in [1.165, 1.54) is 12.1 Å². The third-order valence-corrected chi connectivity index (χ3v) is 2.84. The first-order chi connectivity index (χ1) is 9.12. The van der Waals surface area contributed by atoms with Crippen molar-refractivity contribution in [2.24, 2.45) is 0 Å². The minimum Gasteiger partial charge on any atom is -0.373 e. The van der Waals surface area contributed by atoms with Crippen molar-refractivity contribution in [2.75, 3.05) is 12.4 Å². The minimum atomic E-state index is -0.239. The van der Waals surface area contributed by atoms with Crippen molar-refractivity contribution in [1.82, 2.24) is 9.97 Å². The van der Waals surface area contributed by atoms with Crippen LogP contribution in [-0.2, 0) is 6.42 Å². The average molecular weight is 259 g/mol. The van der Waals surface area contributed by atoms with Crippen molar-refractivity contribution in [3.05, 3.63) is 41.5 Å². The van der Waals surface area contributed by atoms with Gasteiger partial charge in [-0.3, -0.25) is 0 Å². The van der Waals surface area contributed by atoms with Crippen molar-refractivity contribution in [1.29, 1.82) is 0 Å². The Kier molecular flexibility index (Phi) is 4.10. The molecule has 0 aliphatic carbocycles. The molecule has 4 heteroatoms. The Hall–Kier alpha value is -1.97. The van der Waals surface area contributed by atoms with Gasteiger partial charge in [0.1, 0.15) is 17.5 Å². The molecular formula is C15H18FN3. The SMILES string of the molecule is CCCc1nc(NC)cc(-c2cc(C)cc(F)c2)n1. The fourth-order valence-electron chi connectivity index (χ4n) is 1.99. The number of hydrogen-bond donors (Lipinski definition) is 1. The van der Waals surface area contributed by atoms with E-state index in [2.05, 4.69) is 22.2 Å². The predicted octanol–water partition coefficient (Wildman–Crippen LogP) is 3.59. The second-order valence-corrected chi connectivity index (χ2v) is 4.57. The molecule has 0 aliphatic rings. The highest BCUT2D eigenvalue weighted by Crippen LogP contribution is 2.22. The largest absolute Gasteiger partial charge is 0.373 e. The summed E-state index contributed by atoms with van der Waals surface area (Å²) in [7, 11) is 1.82. The first-order valence-corrected chi connectivity index (χ1v) is 6.45. The molecule has 3 nitrogen and oxygen atoms in total. The number of halogens is 1. The zero-order valence-corrected chi connectivity index (χ0v) is 11.5. The van der Waals surface area contributed by atoms with Gasteiger partial charge in [-0.2, -0.15) is 0 Å².